The molecule has 0 saturated carbocycles. The van der Waals surface area contributed by atoms with E-state index >= 15 is 0 Å². The summed E-state index contributed by atoms with van der Waals surface area (Å²) in [5, 5.41) is 0.976. The number of piperazine rings is 1. The SMILES string of the molecule is C=C/C=C(\C=C/N)/C=C(/S)N1CCN(C)CC1. The van der Waals surface area contributed by atoms with Crippen LogP contribution in [0.15, 0.2) is 47.7 Å². The van der Waals surface area contributed by atoms with E-state index in [1.807, 2.05) is 18.2 Å². The lowest BCUT2D eigenvalue weighted by atomic mass is 10.2. The first-order valence-corrected chi connectivity index (χ1v) is 6.17. The van der Waals surface area contributed by atoms with Crippen molar-refractivity contribution in [2.75, 3.05) is 33.2 Å². The number of nitrogens with two attached hydrogens (primary N) is 1. The first kappa shape index (κ1) is 13.9. The lowest BCUT2D eigenvalue weighted by molar-refractivity contribution is 0.195. The van der Waals surface area contributed by atoms with E-state index in [0.29, 0.717) is 0 Å². The molecule has 3 nitrogen and oxygen atoms in total. The molecule has 1 saturated heterocycles. The highest BCUT2D eigenvalue weighted by atomic mass is 32.1. The minimum atomic E-state index is 0.976. The van der Waals surface area contributed by atoms with E-state index < -0.39 is 0 Å². The van der Waals surface area contributed by atoms with Gasteiger partial charge in [-0.2, -0.15) is 0 Å². The van der Waals surface area contributed by atoms with Gasteiger partial charge in [-0.15, -0.1) is 12.6 Å². The van der Waals surface area contributed by atoms with Gasteiger partial charge in [0.1, 0.15) is 0 Å². The number of allylic oxidation sites excluding steroid dienone is 5. The molecule has 0 spiro atoms. The summed E-state index contributed by atoms with van der Waals surface area (Å²) >= 11 is 4.55. The predicted molar refractivity (Wildman–Crippen MR) is 77.7 cm³/mol. The molecule has 1 heterocycles. The lowest BCUT2D eigenvalue weighted by Crippen LogP contribution is -2.43. The van der Waals surface area contributed by atoms with Crippen LogP contribution in [0.3, 0.4) is 0 Å². The zero-order valence-corrected chi connectivity index (χ0v) is 11.2. The van der Waals surface area contributed by atoms with Gasteiger partial charge in [0.05, 0.1) is 5.03 Å². The second-order valence-corrected chi connectivity index (χ2v) is 4.51. The molecule has 0 amide bonds. The van der Waals surface area contributed by atoms with Crippen molar-refractivity contribution in [1.29, 1.82) is 0 Å². The fourth-order valence-corrected chi connectivity index (χ4v) is 2.02. The molecule has 0 aliphatic carbocycles. The van der Waals surface area contributed by atoms with E-state index in [1.165, 1.54) is 6.20 Å². The van der Waals surface area contributed by atoms with Crippen LogP contribution in [0.2, 0.25) is 0 Å². The second-order valence-electron chi connectivity index (χ2n) is 4.05. The molecule has 0 aromatic carbocycles. The number of rotatable bonds is 4. The summed E-state index contributed by atoms with van der Waals surface area (Å²) in [7, 11) is 2.14. The van der Waals surface area contributed by atoms with E-state index in [4.69, 9.17) is 5.73 Å². The zero-order valence-electron chi connectivity index (χ0n) is 10.3. The largest absolute Gasteiger partial charge is 0.405 e. The van der Waals surface area contributed by atoms with Crippen LogP contribution in [0.1, 0.15) is 0 Å². The third-order valence-electron chi connectivity index (χ3n) is 2.72. The van der Waals surface area contributed by atoms with Crippen LogP contribution in [0.4, 0.5) is 0 Å². The molecule has 0 unspecified atom stereocenters. The lowest BCUT2D eigenvalue weighted by Gasteiger charge is -2.34. The van der Waals surface area contributed by atoms with Gasteiger partial charge in [-0.1, -0.05) is 18.7 Å². The molecule has 94 valence electrons. The zero-order chi connectivity index (χ0) is 12.7. The normalized spacial score (nSPS) is 20.0. The number of likely N-dealkylation sites (N-methyl/N-ethyl adjacent to an activating group) is 1. The highest BCUT2D eigenvalue weighted by molar-refractivity contribution is 7.84. The van der Waals surface area contributed by atoms with Crippen molar-refractivity contribution in [2.24, 2.45) is 5.73 Å². The topological polar surface area (TPSA) is 32.5 Å². The molecule has 0 aromatic heterocycles. The third kappa shape index (κ3) is 4.71. The fourth-order valence-electron chi connectivity index (χ4n) is 1.67. The maximum Gasteiger partial charge on any atom is 0.0683 e. The third-order valence-corrected chi connectivity index (χ3v) is 3.13. The van der Waals surface area contributed by atoms with Crippen LogP contribution in [-0.4, -0.2) is 43.0 Å². The maximum absolute atomic E-state index is 5.40. The quantitative estimate of drug-likeness (QED) is 0.588. The van der Waals surface area contributed by atoms with Gasteiger partial charge in [0, 0.05) is 26.2 Å². The molecule has 1 rings (SSSR count). The van der Waals surface area contributed by atoms with Crippen LogP contribution in [0.5, 0.6) is 0 Å². The summed E-state index contributed by atoms with van der Waals surface area (Å²) < 4.78 is 0. The molecule has 17 heavy (non-hydrogen) atoms. The van der Waals surface area contributed by atoms with Crippen molar-refractivity contribution < 1.29 is 0 Å². The summed E-state index contributed by atoms with van der Waals surface area (Å²) in [6, 6.07) is 0. The van der Waals surface area contributed by atoms with E-state index in [9.17, 15) is 0 Å². The van der Waals surface area contributed by atoms with E-state index in [0.717, 1.165) is 36.8 Å². The molecule has 1 fully saturated rings. The average Bonchev–Trinajstić information content (AvgIpc) is 2.30. The Hall–Kier alpha value is -1.13. The molecule has 0 aromatic rings. The Morgan fingerprint density at radius 2 is 1.94 bits per heavy atom. The van der Waals surface area contributed by atoms with Gasteiger partial charge in [-0.05, 0) is 31.0 Å². The Morgan fingerprint density at radius 1 is 1.29 bits per heavy atom. The van der Waals surface area contributed by atoms with Crippen molar-refractivity contribution in [3.05, 3.63) is 47.7 Å². The number of hydrogen-bond acceptors (Lipinski definition) is 4. The van der Waals surface area contributed by atoms with Gasteiger partial charge in [-0.25, -0.2) is 0 Å². The van der Waals surface area contributed by atoms with Gasteiger partial charge in [0.15, 0.2) is 0 Å². The van der Waals surface area contributed by atoms with E-state index in [1.54, 1.807) is 6.08 Å². The number of nitrogens with zero attached hydrogens (tertiary/aromatic N) is 2. The van der Waals surface area contributed by atoms with Crippen LogP contribution >= 0.6 is 12.6 Å². The molecule has 1 aliphatic rings. The molecule has 0 bridgehead atoms. The van der Waals surface area contributed by atoms with Crippen molar-refractivity contribution in [1.82, 2.24) is 9.80 Å². The Kier molecular flexibility index (Phi) is 5.94. The monoisotopic (exact) mass is 251 g/mol. The average molecular weight is 251 g/mol. The van der Waals surface area contributed by atoms with Crippen LogP contribution in [0.25, 0.3) is 0 Å². The molecule has 0 atom stereocenters. The van der Waals surface area contributed by atoms with Gasteiger partial charge in [0.2, 0.25) is 0 Å². The van der Waals surface area contributed by atoms with Crippen LogP contribution < -0.4 is 5.73 Å². The number of thiol groups is 1. The minimum absolute atomic E-state index is 0.976. The number of hydrogen-bond donors (Lipinski definition) is 2. The predicted octanol–water partition coefficient (Wildman–Crippen LogP) is 1.59. The first-order valence-electron chi connectivity index (χ1n) is 5.72. The Labute approximate surface area is 109 Å². The maximum atomic E-state index is 5.40. The summed E-state index contributed by atoms with van der Waals surface area (Å²) in [5.74, 6) is 0. The minimum Gasteiger partial charge on any atom is -0.405 e. The summed E-state index contributed by atoms with van der Waals surface area (Å²) in [6.45, 7) is 7.86. The Balaban J connectivity index is 2.69. The van der Waals surface area contributed by atoms with Gasteiger partial charge >= 0.3 is 0 Å². The summed E-state index contributed by atoms with van der Waals surface area (Å²) in [5.41, 5.74) is 6.41. The summed E-state index contributed by atoms with van der Waals surface area (Å²) in [4.78, 5) is 4.59. The summed E-state index contributed by atoms with van der Waals surface area (Å²) in [6.07, 6.45) is 9.04. The van der Waals surface area contributed by atoms with Gasteiger partial charge < -0.3 is 15.5 Å². The molecule has 4 heteroatoms. The van der Waals surface area contributed by atoms with Gasteiger partial charge in [0.25, 0.3) is 0 Å². The van der Waals surface area contributed by atoms with Crippen molar-refractivity contribution in [3.63, 3.8) is 0 Å². The smallest absolute Gasteiger partial charge is 0.0683 e. The first-order chi connectivity index (χ1) is 8.17. The Bertz CT molecular complexity index is 337. The Morgan fingerprint density at radius 3 is 2.47 bits per heavy atom. The molecule has 1 aliphatic heterocycles. The van der Waals surface area contributed by atoms with Crippen molar-refractivity contribution >= 4 is 12.6 Å². The van der Waals surface area contributed by atoms with Crippen LogP contribution in [-0.2, 0) is 0 Å². The van der Waals surface area contributed by atoms with Crippen molar-refractivity contribution in [3.8, 4) is 0 Å². The van der Waals surface area contributed by atoms with Gasteiger partial charge in [-0.3, -0.25) is 0 Å². The molecule has 0 radical (unpaired) electrons. The molecule has 2 N–H and O–H groups in total. The molecular formula is C13H21N3S. The second kappa shape index (κ2) is 7.25. The highest BCUT2D eigenvalue weighted by Gasteiger charge is 2.13. The van der Waals surface area contributed by atoms with Crippen molar-refractivity contribution in [2.45, 2.75) is 0 Å². The molecular weight excluding hydrogens is 230 g/mol. The van der Waals surface area contributed by atoms with E-state index in [-0.39, 0.29) is 0 Å². The highest BCUT2D eigenvalue weighted by Crippen LogP contribution is 2.15. The van der Waals surface area contributed by atoms with Crippen LogP contribution in [0, 0.1) is 0 Å². The van der Waals surface area contributed by atoms with E-state index in [2.05, 4.69) is 36.1 Å². The fraction of sp³-hybridized carbons (Fsp3) is 0.385. The standard InChI is InChI=1S/C13H21N3S/c1-3-4-12(5-6-14)11-13(17)16-9-7-15(2)8-10-16/h3-6,11,17H,1,7-10,14H2,2H3/b6-5-,12-4+,13-11+.